The standard InChI is InChI=1S/C16H21N3/c1-4-19(15-10-6-5-8-12(15)2)16-14(13(3)17)9-7-11-18-16/h5-11,13H,4,17H2,1-3H3. The van der Waals surface area contributed by atoms with Crippen LogP contribution in [0.2, 0.25) is 0 Å². The van der Waals surface area contributed by atoms with Gasteiger partial charge in [0.2, 0.25) is 0 Å². The Kier molecular flexibility index (Phi) is 4.17. The Bertz CT molecular complexity index is 549. The molecule has 1 aromatic carbocycles. The molecule has 0 aliphatic carbocycles. The second-order valence-electron chi connectivity index (χ2n) is 4.74. The molecule has 1 unspecified atom stereocenters. The van der Waals surface area contributed by atoms with Crippen LogP contribution in [0.15, 0.2) is 42.6 Å². The van der Waals surface area contributed by atoms with E-state index < -0.39 is 0 Å². The number of nitrogens with two attached hydrogens (primary N) is 1. The summed E-state index contributed by atoms with van der Waals surface area (Å²) in [5.74, 6) is 0.953. The summed E-state index contributed by atoms with van der Waals surface area (Å²) in [4.78, 5) is 6.75. The molecule has 0 amide bonds. The molecule has 0 aliphatic heterocycles. The first-order valence-corrected chi connectivity index (χ1v) is 6.68. The lowest BCUT2D eigenvalue weighted by atomic mass is 10.1. The third-order valence-corrected chi connectivity index (χ3v) is 3.29. The molecule has 0 saturated heterocycles. The summed E-state index contributed by atoms with van der Waals surface area (Å²) < 4.78 is 0. The Morgan fingerprint density at radius 3 is 2.58 bits per heavy atom. The van der Waals surface area contributed by atoms with Crippen molar-refractivity contribution in [2.75, 3.05) is 11.4 Å². The maximum Gasteiger partial charge on any atom is 0.137 e. The van der Waals surface area contributed by atoms with Gasteiger partial charge in [0.05, 0.1) is 0 Å². The van der Waals surface area contributed by atoms with Gasteiger partial charge >= 0.3 is 0 Å². The average molecular weight is 255 g/mol. The molecule has 19 heavy (non-hydrogen) atoms. The number of rotatable bonds is 4. The molecule has 2 N–H and O–H groups in total. The molecule has 0 bridgehead atoms. The summed E-state index contributed by atoms with van der Waals surface area (Å²) in [6.07, 6.45) is 1.82. The molecule has 100 valence electrons. The minimum Gasteiger partial charge on any atom is -0.326 e. The van der Waals surface area contributed by atoms with Gasteiger partial charge in [0.1, 0.15) is 5.82 Å². The number of aryl methyl sites for hydroxylation is 1. The molecular weight excluding hydrogens is 234 g/mol. The zero-order chi connectivity index (χ0) is 13.8. The topological polar surface area (TPSA) is 42.2 Å². The second kappa shape index (κ2) is 5.85. The number of hydrogen-bond acceptors (Lipinski definition) is 3. The molecule has 1 aromatic heterocycles. The van der Waals surface area contributed by atoms with E-state index in [1.54, 1.807) is 0 Å². The summed E-state index contributed by atoms with van der Waals surface area (Å²) in [7, 11) is 0. The fourth-order valence-electron chi connectivity index (χ4n) is 2.29. The minimum atomic E-state index is -0.0261. The smallest absolute Gasteiger partial charge is 0.137 e. The molecule has 0 saturated carbocycles. The predicted molar refractivity (Wildman–Crippen MR) is 80.7 cm³/mol. The lowest BCUT2D eigenvalue weighted by Crippen LogP contribution is -2.22. The van der Waals surface area contributed by atoms with Crippen molar-refractivity contribution < 1.29 is 0 Å². The van der Waals surface area contributed by atoms with E-state index in [2.05, 4.69) is 48.0 Å². The van der Waals surface area contributed by atoms with E-state index in [9.17, 15) is 0 Å². The number of nitrogens with zero attached hydrogens (tertiary/aromatic N) is 2. The monoisotopic (exact) mass is 255 g/mol. The zero-order valence-corrected chi connectivity index (χ0v) is 11.8. The van der Waals surface area contributed by atoms with Crippen molar-refractivity contribution in [1.82, 2.24) is 4.98 Å². The van der Waals surface area contributed by atoms with Gasteiger partial charge in [-0.2, -0.15) is 0 Å². The Morgan fingerprint density at radius 2 is 1.95 bits per heavy atom. The summed E-state index contributed by atoms with van der Waals surface area (Å²) in [5.41, 5.74) is 9.56. The van der Waals surface area contributed by atoms with Gasteiger partial charge in [0.15, 0.2) is 0 Å². The summed E-state index contributed by atoms with van der Waals surface area (Å²) in [5, 5.41) is 0. The van der Waals surface area contributed by atoms with Gasteiger partial charge in [-0.15, -0.1) is 0 Å². The van der Waals surface area contributed by atoms with Crippen LogP contribution in [0.25, 0.3) is 0 Å². The van der Waals surface area contributed by atoms with E-state index in [0.29, 0.717) is 0 Å². The van der Waals surface area contributed by atoms with E-state index in [1.165, 1.54) is 11.3 Å². The largest absolute Gasteiger partial charge is 0.326 e. The Labute approximate surface area is 115 Å². The molecule has 2 aromatic rings. The fraction of sp³-hybridized carbons (Fsp3) is 0.312. The van der Waals surface area contributed by atoms with Crippen LogP contribution in [0.3, 0.4) is 0 Å². The minimum absolute atomic E-state index is 0.0261. The average Bonchev–Trinajstić information content (AvgIpc) is 2.42. The van der Waals surface area contributed by atoms with Crippen LogP contribution in [0.5, 0.6) is 0 Å². The Hall–Kier alpha value is -1.87. The molecule has 3 heteroatoms. The van der Waals surface area contributed by atoms with Crippen molar-refractivity contribution in [3.8, 4) is 0 Å². The van der Waals surface area contributed by atoms with Crippen LogP contribution in [0, 0.1) is 6.92 Å². The molecule has 0 aliphatic rings. The van der Waals surface area contributed by atoms with Gasteiger partial charge in [-0.1, -0.05) is 24.3 Å². The van der Waals surface area contributed by atoms with Gasteiger partial charge in [-0.25, -0.2) is 4.98 Å². The van der Waals surface area contributed by atoms with Crippen LogP contribution in [0.1, 0.15) is 31.0 Å². The van der Waals surface area contributed by atoms with Gasteiger partial charge in [0.25, 0.3) is 0 Å². The third-order valence-electron chi connectivity index (χ3n) is 3.29. The van der Waals surface area contributed by atoms with E-state index >= 15 is 0 Å². The molecule has 0 spiro atoms. The van der Waals surface area contributed by atoms with Crippen LogP contribution < -0.4 is 10.6 Å². The maximum absolute atomic E-state index is 6.06. The normalized spacial score (nSPS) is 12.2. The lowest BCUT2D eigenvalue weighted by molar-refractivity contribution is 0.801. The van der Waals surface area contributed by atoms with E-state index in [1.807, 2.05) is 25.3 Å². The highest BCUT2D eigenvalue weighted by molar-refractivity contribution is 5.66. The van der Waals surface area contributed by atoms with Crippen molar-refractivity contribution >= 4 is 11.5 Å². The molecule has 1 atom stereocenters. The number of pyridine rings is 1. The SMILES string of the molecule is CCN(c1ccccc1C)c1ncccc1C(C)N. The first-order chi connectivity index (χ1) is 9.15. The summed E-state index contributed by atoms with van der Waals surface area (Å²) >= 11 is 0. The van der Waals surface area contributed by atoms with E-state index in [-0.39, 0.29) is 6.04 Å². The fourth-order valence-corrected chi connectivity index (χ4v) is 2.29. The molecule has 0 fully saturated rings. The van der Waals surface area contributed by atoms with Crippen LogP contribution >= 0.6 is 0 Å². The number of para-hydroxylation sites is 1. The van der Waals surface area contributed by atoms with Crippen molar-refractivity contribution in [1.29, 1.82) is 0 Å². The molecule has 0 radical (unpaired) electrons. The van der Waals surface area contributed by atoms with Crippen molar-refractivity contribution in [2.45, 2.75) is 26.8 Å². The van der Waals surface area contributed by atoms with Crippen molar-refractivity contribution in [2.24, 2.45) is 5.73 Å². The molecular formula is C16H21N3. The first kappa shape index (κ1) is 13.6. The quantitative estimate of drug-likeness (QED) is 0.908. The summed E-state index contributed by atoms with van der Waals surface area (Å²) in [6.45, 7) is 7.10. The highest BCUT2D eigenvalue weighted by Gasteiger charge is 2.16. The first-order valence-electron chi connectivity index (χ1n) is 6.68. The lowest BCUT2D eigenvalue weighted by Gasteiger charge is -2.27. The third kappa shape index (κ3) is 2.76. The van der Waals surface area contributed by atoms with Crippen LogP contribution in [-0.4, -0.2) is 11.5 Å². The van der Waals surface area contributed by atoms with Gasteiger partial charge < -0.3 is 10.6 Å². The molecule has 3 nitrogen and oxygen atoms in total. The van der Waals surface area contributed by atoms with Crippen LogP contribution in [-0.2, 0) is 0 Å². The van der Waals surface area contributed by atoms with Crippen LogP contribution in [0.4, 0.5) is 11.5 Å². The second-order valence-corrected chi connectivity index (χ2v) is 4.74. The number of benzene rings is 1. The maximum atomic E-state index is 6.06. The predicted octanol–water partition coefficient (Wildman–Crippen LogP) is 3.57. The highest BCUT2D eigenvalue weighted by atomic mass is 15.2. The van der Waals surface area contributed by atoms with Crippen molar-refractivity contribution in [3.05, 3.63) is 53.7 Å². The van der Waals surface area contributed by atoms with Gasteiger partial charge in [-0.3, -0.25) is 0 Å². The number of aromatic nitrogens is 1. The molecule has 2 rings (SSSR count). The van der Waals surface area contributed by atoms with E-state index in [4.69, 9.17) is 5.73 Å². The zero-order valence-electron chi connectivity index (χ0n) is 11.8. The van der Waals surface area contributed by atoms with Gasteiger partial charge in [0, 0.05) is 30.0 Å². The number of anilines is 2. The summed E-state index contributed by atoms with van der Waals surface area (Å²) in [6, 6.07) is 12.3. The Balaban J connectivity index is 2.52. The number of hydrogen-bond donors (Lipinski definition) is 1. The molecule has 1 heterocycles. The Morgan fingerprint density at radius 1 is 1.21 bits per heavy atom. The van der Waals surface area contributed by atoms with E-state index in [0.717, 1.165) is 17.9 Å². The van der Waals surface area contributed by atoms with Gasteiger partial charge in [-0.05, 0) is 38.5 Å². The highest BCUT2D eigenvalue weighted by Crippen LogP contribution is 2.30. The van der Waals surface area contributed by atoms with Crippen molar-refractivity contribution in [3.63, 3.8) is 0 Å².